The van der Waals surface area contributed by atoms with Gasteiger partial charge in [-0.1, -0.05) is 68.5 Å². The van der Waals surface area contributed by atoms with Gasteiger partial charge in [0.05, 0.1) is 0 Å². The molecule has 0 radical (unpaired) electrons. The second kappa shape index (κ2) is 9.57. The van der Waals surface area contributed by atoms with Crippen LogP contribution in [0.2, 0.25) is 0 Å². The predicted molar refractivity (Wildman–Crippen MR) is 88.1 cm³/mol. The van der Waals surface area contributed by atoms with E-state index in [1.54, 1.807) is 0 Å². The van der Waals surface area contributed by atoms with E-state index < -0.39 is 0 Å². The molecule has 19 heavy (non-hydrogen) atoms. The van der Waals surface area contributed by atoms with Gasteiger partial charge in [0.2, 0.25) is 0 Å². The van der Waals surface area contributed by atoms with Crippen LogP contribution in [0.5, 0.6) is 0 Å². The second-order valence-corrected chi connectivity index (χ2v) is 4.89. The Morgan fingerprint density at radius 1 is 1.26 bits per heavy atom. The van der Waals surface area contributed by atoms with Gasteiger partial charge in [-0.05, 0) is 38.7 Å². The molecule has 0 spiro atoms. The maximum atomic E-state index is 6.59. The van der Waals surface area contributed by atoms with Gasteiger partial charge in [0.1, 0.15) is 0 Å². The molecule has 0 aliphatic heterocycles. The molecular weight excluding hydrogens is 230 g/mol. The van der Waals surface area contributed by atoms with Gasteiger partial charge in [-0.3, -0.25) is 0 Å². The number of hydrogen-bond donors (Lipinski definition) is 1. The van der Waals surface area contributed by atoms with E-state index in [2.05, 4.69) is 51.7 Å². The summed E-state index contributed by atoms with van der Waals surface area (Å²) >= 11 is 0. The van der Waals surface area contributed by atoms with Gasteiger partial charge in [-0.2, -0.15) is 0 Å². The first-order valence-electron chi connectivity index (χ1n) is 7.11. The third-order valence-corrected chi connectivity index (χ3v) is 3.20. The predicted octanol–water partition coefficient (Wildman–Crippen LogP) is 5.09. The molecule has 0 rings (SSSR count). The summed E-state index contributed by atoms with van der Waals surface area (Å²) in [4.78, 5) is 0. The molecule has 0 amide bonds. The van der Waals surface area contributed by atoms with Crippen LogP contribution in [0.1, 0.15) is 47.0 Å². The van der Waals surface area contributed by atoms with Crippen LogP contribution in [0.25, 0.3) is 0 Å². The van der Waals surface area contributed by atoms with Crippen molar-refractivity contribution in [1.82, 2.24) is 0 Å². The number of allylic oxidation sites excluding steroid dienone is 6. The normalized spacial score (nSPS) is 17.1. The van der Waals surface area contributed by atoms with Crippen molar-refractivity contribution in [2.45, 2.75) is 52.5 Å². The first-order valence-corrected chi connectivity index (χ1v) is 7.11. The highest BCUT2D eigenvalue weighted by Gasteiger charge is 2.25. The van der Waals surface area contributed by atoms with Gasteiger partial charge in [0.15, 0.2) is 0 Å². The maximum absolute atomic E-state index is 6.59. The topological polar surface area (TPSA) is 26.0 Å². The summed E-state index contributed by atoms with van der Waals surface area (Å²) in [5, 5.41) is 0. The average Bonchev–Trinajstić information content (AvgIpc) is 2.38. The van der Waals surface area contributed by atoms with Crippen molar-refractivity contribution in [2.24, 2.45) is 5.73 Å². The van der Waals surface area contributed by atoms with Crippen molar-refractivity contribution < 1.29 is 0 Å². The molecule has 1 unspecified atom stereocenters. The number of hydrogen-bond acceptors (Lipinski definition) is 1. The zero-order valence-corrected chi connectivity index (χ0v) is 12.9. The lowest BCUT2D eigenvalue weighted by molar-refractivity contribution is 0.485. The van der Waals surface area contributed by atoms with E-state index in [9.17, 15) is 0 Å². The average molecular weight is 259 g/mol. The van der Waals surface area contributed by atoms with Crippen LogP contribution in [0.4, 0.5) is 0 Å². The van der Waals surface area contributed by atoms with E-state index in [1.807, 2.05) is 25.2 Å². The molecule has 1 nitrogen and oxygen atoms in total. The molecule has 0 fully saturated rings. The highest BCUT2D eigenvalue weighted by Crippen LogP contribution is 2.27. The standard InChI is InChI=1S/C18H29N/c1-6-10-11-14-16(5)15-18(19,9-4)17(12-7-2)13-8-3/h7-8,10-14H,2,6,9,15,19H2,1,3-5H3/b11-10-,13-8-,16-14+,17-12+. The highest BCUT2D eigenvalue weighted by molar-refractivity contribution is 5.35. The van der Waals surface area contributed by atoms with Gasteiger partial charge in [-0.15, -0.1) is 0 Å². The van der Waals surface area contributed by atoms with Gasteiger partial charge in [-0.25, -0.2) is 0 Å². The van der Waals surface area contributed by atoms with Crippen LogP contribution in [0, 0.1) is 0 Å². The Bertz CT molecular complexity index is 382. The minimum absolute atomic E-state index is 0.318. The minimum atomic E-state index is -0.318. The molecule has 0 aliphatic carbocycles. The highest BCUT2D eigenvalue weighted by atomic mass is 14.7. The summed E-state index contributed by atoms with van der Waals surface area (Å²) in [5.41, 5.74) is 8.71. The number of nitrogens with two attached hydrogens (primary N) is 1. The van der Waals surface area contributed by atoms with Crippen LogP contribution in [0.3, 0.4) is 0 Å². The lowest BCUT2D eigenvalue weighted by Gasteiger charge is -2.30. The zero-order chi connectivity index (χ0) is 14.7. The largest absolute Gasteiger partial charge is 0.321 e. The lowest BCUT2D eigenvalue weighted by Crippen LogP contribution is -2.41. The van der Waals surface area contributed by atoms with E-state index >= 15 is 0 Å². The molecule has 0 bridgehead atoms. The third-order valence-electron chi connectivity index (χ3n) is 3.20. The molecule has 2 N–H and O–H groups in total. The van der Waals surface area contributed by atoms with Crippen LogP contribution in [0.15, 0.2) is 60.3 Å². The second-order valence-electron chi connectivity index (χ2n) is 4.89. The van der Waals surface area contributed by atoms with Gasteiger partial charge in [0.25, 0.3) is 0 Å². The summed E-state index contributed by atoms with van der Waals surface area (Å²) in [6, 6.07) is 0. The smallest absolute Gasteiger partial charge is 0.0444 e. The molecule has 0 aromatic rings. The molecule has 1 atom stereocenters. The quantitative estimate of drug-likeness (QED) is 0.604. The summed E-state index contributed by atoms with van der Waals surface area (Å²) in [5.74, 6) is 0. The molecular formula is C18H29N. The Hall–Kier alpha value is -1.34. The number of rotatable bonds is 8. The summed E-state index contributed by atoms with van der Waals surface area (Å²) in [6.45, 7) is 12.2. The van der Waals surface area contributed by atoms with E-state index in [4.69, 9.17) is 5.73 Å². The molecule has 106 valence electrons. The van der Waals surface area contributed by atoms with Crippen molar-refractivity contribution >= 4 is 0 Å². The molecule has 0 saturated heterocycles. The Kier molecular flexibility index (Phi) is 8.90. The van der Waals surface area contributed by atoms with Crippen molar-refractivity contribution in [3.05, 3.63) is 60.3 Å². The Balaban J connectivity index is 5.14. The molecule has 0 heterocycles. The van der Waals surface area contributed by atoms with Crippen LogP contribution in [-0.4, -0.2) is 5.54 Å². The van der Waals surface area contributed by atoms with Crippen LogP contribution in [-0.2, 0) is 0 Å². The molecule has 0 saturated carbocycles. The Morgan fingerprint density at radius 2 is 1.95 bits per heavy atom. The Labute approximate surface area is 119 Å². The Morgan fingerprint density at radius 3 is 2.42 bits per heavy atom. The minimum Gasteiger partial charge on any atom is -0.321 e. The first kappa shape index (κ1) is 17.7. The van der Waals surface area contributed by atoms with Crippen molar-refractivity contribution in [2.75, 3.05) is 0 Å². The monoisotopic (exact) mass is 259 g/mol. The maximum Gasteiger partial charge on any atom is 0.0444 e. The fourth-order valence-corrected chi connectivity index (χ4v) is 2.05. The fourth-order valence-electron chi connectivity index (χ4n) is 2.05. The summed E-state index contributed by atoms with van der Waals surface area (Å²) < 4.78 is 0. The van der Waals surface area contributed by atoms with E-state index in [0.29, 0.717) is 0 Å². The van der Waals surface area contributed by atoms with Crippen molar-refractivity contribution in [3.63, 3.8) is 0 Å². The lowest BCUT2D eigenvalue weighted by atomic mass is 9.81. The first-order chi connectivity index (χ1) is 9.03. The molecule has 0 aromatic heterocycles. The van der Waals surface area contributed by atoms with Crippen LogP contribution < -0.4 is 5.73 Å². The SMILES string of the molecule is C=C/C=C(\C=C/C)C(N)(CC)C/C(C)=C/C=C\CC. The van der Waals surface area contributed by atoms with Crippen molar-refractivity contribution in [1.29, 1.82) is 0 Å². The molecule has 1 heteroatoms. The van der Waals surface area contributed by atoms with E-state index in [1.165, 1.54) is 5.57 Å². The molecule has 0 aromatic carbocycles. The van der Waals surface area contributed by atoms with E-state index in [0.717, 1.165) is 24.8 Å². The van der Waals surface area contributed by atoms with Crippen LogP contribution >= 0.6 is 0 Å². The van der Waals surface area contributed by atoms with Gasteiger partial charge < -0.3 is 5.73 Å². The van der Waals surface area contributed by atoms with Gasteiger partial charge in [0, 0.05) is 5.54 Å². The zero-order valence-electron chi connectivity index (χ0n) is 12.9. The van der Waals surface area contributed by atoms with Crippen molar-refractivity contribution in [3.8, 4) is 0 Å². The summed E-state index contributed by atoms with van der Waals surface area (Å²) in [7, 11) is 0. The van der Waals surface area contributed by atoms with E-state index in [-0.39, 0.29) is 5.54 Å². The van der Waals surface area contributed by atoms with Gasteiger partial charge >= 0.3 is 0 Å². The summed E-state index contributed by atoms with van der Waals surface area (Å²) in [6.07, 6.45) is 17.2. The molecule has 0 aliphatic rings. The fraction of sp³-hybridized carbons (Fsp3) is 0.444. The third kappa shape index (κ3) is 6.40.